The van der Waals surface area contributed by atoms with Gasteiger partial charge in [-0.15, -0.1) is 11.3 Å². The Hall–Kier alpha value is -1.97. The molecule has 3 N–H and O–H groups in total. The average Bonchev–Trinajstić information content (AvgIpc) is 3.29. The predicted molar refractivity (Wildman–Crippen MR) is 138 cm³/mol. The van der Waals surface area contributed by atoms with Gasteiger partial charge in [0.05, 0.1) is 17.0 Å². The second-order valence-electron chi connectivity index (χ2n) is 11.1. The molecule has 0 spiro atoms. The van der Waals surface area contributed by atoms with Crippen LogP contribution >= 0.6 is 11.3 Å². The summed E-state index contributed by atoms with van der Waals surface area (Å²) in [6.07, 6.45) is 8.70. The van der Waals surface area contributed by atoms with Crippen LogP contribution in [0.2, 0.25) is 0 Å². The minimum Gasteiger partial charge on any atom is -0.376 e. The molecule has 2 aliphatic heterocycles. The molecule has 9 heteroatoms. The maximum Gasteiger partial charge on any atom is 0.264 e. The van der Waals surface area contributed by atoms with Gasteiger partial charge in [0.2, 0.25) is 11.8 Å². The molecule has 5 unspecified atom stereocenters. The Morgan fingerprint density at radius 3 is 2.64 bits per heavy atom. The third-order valence-electron chi connectivity index (χ3n) is 8.44. The molecule has 36 heavy (non-hydrogen) atoms. The first-order valence-corrected chi connectivity index (χ1v) is 14.7. The van der Waals surface area contributed by atoms with E-state index in [0.29, 0.717) is 49.3 Å². The Kier molecular flexibility index (Phi) is 8.28. The van der Waals surface area contributed by atoms with Crippen LogP contribution in [0.3, 0.4) is 0 Å². The van der Waals surface area contributed by atoms with Crippen molar-refractivity contribution in [2.75, 3.05) is 32.8 Å². The third-order valence-corrected chi connectivity index (χ3v) is 9.30. The van der Waals surface area contributed by atoms with Crippen molar-refractivity contribution in [2.45, 2.75) is 76.0 Å². The number of rotatable bonds is 9. The van der Waals surface area contributed by atoms with Crippen LogP contribution in [0.15, 0.2) is 17.5 Å². The average molecular weight is 517 g/mol. The number of nitrogens with one attached hydrogen (secondary N) is 1. The van der Waals surface area contributed by atoms with Crippen LogP contribution in [0, 0.1) is 17.8 Å². The number of thiophene rings is 1. The topological polar surface area (TPSA) is 105 Å². The highest BCUT2D eigenvalue weighted by molar-refractivity contribution is 7.12. The van der Waals surface area contributed by atoms with Gasteiger partial charge in [-0.2, -0.15) is 0 Å². The fourth-order valence-corrected chi connectivity index (χ4v) is 6.89. The third kappa shape index (κ3) is 5.94. The van der Waals surface area contributed by atoms with E-state index < -0.39 is 6.04 Å². The zero-order valence-electron chi connectivity index (χ0n) is 21.1. The molecule has 8 nitrogen and oxygen atoms in total. The molecule has 5 atom stereocenters. The molecule has 4 aliphatic rings. The van der Waals surface area contributed by atoms with Gasteiger partial charge in [-0.1, -0.05) is 12.5 Å². The van der Waals surface area contributed by atoms with Gasteiger partial charge in [0.15, 0.2) is 0 Å². The summed E-state index contributed by atoms with van der Waals surface area (Å²) in [7, 11) is 0. The van der Waals surface area contributed by atoms with Gasteiger partial charge in [-0.05, 0) is 81.2 Å². The van der Waals surface area contributed by atoms with E-state index >= 15 is 0 Å². The van der Waals surface area contributed by atoms with E-state index in [1.165, 1.54) is 17.8 Å². The zero-order valence-corrected chi connectivity index (χ0v) is 21.9. The van der Waals surface area contributed by atoms with Crippen molar-refractivity contribution in [2.24, 2.45) is 23.5 Å². The van der Waals surface area contributed by atoms with Crippen LogP contribution in [0.5, 0.6) is 0 Å². The molecule has 2 saturated heterocycles. The molecule has 2 saturated carbocycles. The van der Waals surface area contributed by atoms with Gasteiger partial charge in [0.25, 0.3) is 5.91 Å². The number of hydrogen-bond donors (Lipinski definition) is 2. The maximum atomic E-state index is 13.5. The molecule has 1 aromatic rings. The standard InChI is InChI=1S/C27H40N4O4S/c28-14-18-4-1-5-19(12-18)15-29-25(32)23-13-21(16-31(23)26(33)20-8-9-20)30(17-22-6-2-10-35-22)27(34)24-7-3-11-36-24/h3,7,11,18-23H,1-2,4-6,8-10,12-17,28H2,(H,29,32). The van der Waals surface area contributed by atoms with Crippen LogP contribution in [-0.4, -0.2) is 78.5 Å². The van der Waals surface area contributed by atoms with E-state index in [9.17, 15) is 14.4 Å². The first-order chi connectivity index (χ1) is 17.5. The number of carbonyl (C=O) groups excluding carboxylic acids is 3. The molecule has 4 fully saturated rings. The van der Waals surface area contributed by atoms with Crippen LogP contribution in [0.25, 0.3) is 0 Å². The van der Waals surface area contributed by atoms with Gasteiger partial charge in [-0.25, -0.2) is 0 Å². The summed E-state index contributed by atoms with van der Waals surface area (Å²) in [4.78, 5) is 44.6. The van der Waals surface area contributed by atoms with E-state index in [1.807, 2.05) is 22.4 Å². The Morgan fingerprint density at radius 2 is 1.94 bits per heavy atom. The molecule has 198 valence electrons. The van der Waals surface area contributed by atoms with E-state index in [2.05, 4.69) is 5.32 Å². The van der Waals surface area contributed by atoms with E-state index in [0.717, 1.165) is 51.6 Å². The SMILES string of the molecule is NCC1CCCC(CNC(=O)C2CC(N(CC3CCCO3)C(=O)c3cccs3)CN2C(=O)C2CC2)C1. The molecule has 0 bridgehead atoms. The van der Waals surface area contributed by atoms with Gasteiger partial charge in [0.1, 0.15) is 6.04 Å². The monoisotopic (exact) mass is 516 g/mol. The van der Waals surface area contributed by atoms with Crippen LogP contribution < -0.4 is 11.1 Å². The van der Waals surface area contributed by atoms with Crippen LogP contribution in [0.1, 0.15) is 67.5 Å². The lowest BCUT2D eigenvalue weighted by atomic mass is 9.81. The van der Waals surface area contributed by atoms with E-state index in [1.54, 1.807) is 4.90 Å². The molecule has 0 radical (unpaired) electrons. The lowest BCUT2D eigenvalue weighted by molar-refractivity contribution is -0.139. The molecule has 3 amide bonds. The van der Waals surface area contributed by atoms with Gasteiger partial charge >= 0.3 is 0 Å². The molecule has 1 aromatic heterocycles. The molecule has 2 aliphatic carbocycles. The first kappa shape index (κ1) is 25.7. The summed E-state index contributed by atoms with van der Waals surface area (Å²) >= 11 is 1.43. The van der Waals surface area contributed by atoms with Gasteiger partial charge in [-0.3, -0.25) is 14.4 Å². The Bertz CT molecular complexity index is 915. The van der Waals surface area contributed by atoms with Gasteiger partial charge in [0, 0.05) is 32.2 Å². The highest BCUT2D eigenvalue weighted by atomic mass is 32.1. The highest BCUT2D eigenvalue weighted by Crippen LogP contribution is 2.35. The summed E-state index contributed by atoms with van der Waals surface area (Å²) in [5.41, 5.74) is 5.90. The molecule has 3 heterocycles. The highest BCUT2D eigenvalue weighted by Gasteiger charge is 2.47. The minimum atomic E-state index is -0.528. The summed E-state index contributed by atoms with van der Waals surface area (Å²) in [6, 6.07) is 3.01. The molecular weight excluding hydrogens is 476 g/mol. The number of hydrogen-bond acceptors (Lipinski definition) is 6. The number of amides is 3. The lowest BCUT2D eigenvalue weighted by Crippen LogP contribution is -2.48. The summed E-state index contributed by atoms with van der Waals surface area (Å²) in [6.45, 7) is 2.98. The van der Waals surface area contributed by atoms with Crippen molar-refractivity contribution in [1.29, 1.82) is 0 Å². The lowest BCUT2D eigenvalue weighted by Gasteiger charge is -2.31. The van der Waals surface area contributed by atoms with Gasteiger partial charge < -0.3 is 25.6 Å². The second-order valence-corrected chi connectivity index (χ2v) is 12.1. The summed E-state index contributed by atoms with van der Waals surface area (Å²) < 4.78 is 5.87. The van der Waals surface area contributed by atoms with Crippen molar-refractivity contribution >= 4 is 29.1 Å². The smallest absolute Gasteiger partial charge is 0.264 e. The number of ether oxygens (including phenoxy) is 1. The number of nitrogens with zero attached hydrogens (tertiary/aromatic N) is 2. The Balaban J connectivity index is 1.29. The zero-order chi connectivity index (χ0) is 25.1. The van der Waals surface area contributed by atoms with Crippen LogP contribution in [0.4, 0.5) is 0 Å². The fourth-order valence-electron chi connectivity index (χ4n) is 6.21. The van der Waals surface area contributed by atoms with Crippen LogP contribution in [-0.2, 0) is 14.3 Å². The number of carbonyl (C=O) groups is 3. The number of likely N-dealkylation sites (tertiary alicyclic amines) is 1. The van der Waals surface area contributed by atoms with E-state index in [-0.39, 0.29) is 35.8 Å². The Labute approximate surface area is 217 Å². The maximum absolute atomic E-state index is 13.5. The van der Waals surface area contributed by atoms with Crippen molar-refractivity contribution in [3.05, 3.63) is 22.4 Å². The number of nitrogens with two attached hydrogens (primary N) is 1. The molecular formula is C27H40N4O4S. The quantitative estimate of drug-likeness (QED) is 0.525. The second kappa shape index (κ2) is 11.6. The summed E-state index contributed by atoms with van der Waals surface area (Å²) in [5.74, 6) is 0.973. The molecule has 5 rings (SSSR count). The molecule has 0 aromatic carbocycles. The normalized spacial score (nSPS) is 30.4. The predicted octanol–water partition coefficient (Wildman–Crippen LogP) is 2.63. The fraction of sp³-hybridized carbons (Fsp3) is 0.741. The largest absolute Gasteiger partial charge is 0.376 e. The first-order valence-electron chi connectivity index (χ1n) is 13.8. The van der Waals surface area contributed by atoms with E-state index in [4.69, 9.17) is 10.5 Å². The van der Waals surface area contributed by atoms with Crippen molar-refractivity contribution in [3.63, 3.8) is 0 Å². The minimum absolute atomic E-state index is 0.0103. The summed E-state index contributed by atoms with van der Waals surface area (Å²) in [5, 5.41) is 5.08. The van der Waals surface area contributed by atoms with Crippen molar-refractivity contribution in [1.82, 2.24) is 15.1 Å². The Morgan fingerprint density at radius 1 is 1.11 bits per heavy atom. The van der Waals surface area contributed by atoms with Crippen molar-refractivity contribution < 1.29 is 19.1 Å². The van der Waals surface area contributed by atoms with Crippen molar-refractivity contribution in [3.8, 4) is 0 Å².